The van der Waals surface area contributed by atoms with E-state index in [4.69, 9.17) is 9.47 Å². The van der Waals surface area contributed by atoms with Crippen LogP contribution in [-0.2, 0) is 14.3 Å². The molecule has 0 aromatic heterocycles. The molecule has 8 heteroatoms. The number of nitrogens with zero attached hydrogens (tertiary/aromatic N) is 1. The molecule has 0 unspecified atom stereocenters. The van der Waals surface area contributed by atoms with Gasteiger partial charge in [0.2, 0.25) is 0 Å². The number of hydrogen-bond acceptors (Lipinski definition) is 5. The predicted octanol–water partition coefficient (Wildman–Crippen LogP) is 4.63. The van der Waals surface area contributed by atoms with Crippen LogP contribution in [0.25, 0.3) is 11.1 Å². The quantitative estimate of drug-likeness (QED) is 0.548. The molecule has 8 nitrogen and oxygen atoms in total. The van der Waals surface area contributed by atoms with Gasteiger partial charge in [-0.3, -0.25) is 4.90 Å². The van der Waals surface area contributed by atoms with Gasteiger partial charge in [0.15, 0.2) is 0 Å². The number of ether oxygens (including phenoxy) is 2. The minimum atomic E-state index is -1.13. The molecule has 3 rings (SSSR count). The number of nitrogens with one attached hydrogen (secondary N) is 1. The molecule has 2 amide bonds. The molecule has 0 bridgehead atoms. The molecular weight excluding hydrogens is 436 g/mol. The van der Waals surface area contributed by atoms with Crippen molar-refractivity contribution in [2.45, 2.75) is 51.2 Å². The van der Waals surface area contributed by atoms with Gasteiger partial charge in [0.05, 0.1) is 0 Å². The molecule has 0 spiro atoms. The lowest BCUT2D eigenvalue weighted by atomic mass is 9.98. The summed E-state index contributed by atoms with van der Waals surface area (Å²) in [6, 6.07) is 14.9. The Morgan fingerprint density at radius 2 is 1.59 bits per heavy atom. The number of alkyl carbamates (subject to hydrolysis) is 1. The fourth-order valence-electron chi connectivity index (χ4n) is 4.11. The summed E-state index contributed by atoms with van der Waals surface area (Å²) in [5.74, 6) is -1.24. The maximum Gasteiger partial charge on any atom is 0.410 e. The van der Waals surface area contributed by atoms with Crippen molar-refractivity contribution in [2.75, 3.05) is 20.2 Å². The topological polar surface area (TPSA) is 105 Å². The highest BCUT2D eigenvalue weighted by Crippen LogP contribution is 2.44. The molecule has 0 saturated carbocycles. The van der Waals surface area contributed by atoms with Gasteiger partial charge >= 0.3 is 18.2 Å². The van der Waals surface area contributed by atoms with Gasteiger partial charge < -0.3 is 19.9 Å². The van der Waals surface area contributed by atoms with Crippen molar-refractivity contribution in [3.05, 3.63) is 59.7 Å². The number of amides is 2. The first-order chi connectivity index (χ1) is 16.1. The van der Waals surface area contributed by atoms with E-state index < -0.39 is 29.8 Å². The predicted molar refractivity (Wildman–Crippen MR) is 128 cm³/mol. The fraction of sp³-hybridized carbons (Fsp3) is 0.423. The highest BCUT2D eigenvalue weighted by Gasteiger charge is 2.31. The molecule has 34 heavy (non-hydrogen) atoms. The average Bonchev–Trinajstić information content (AvgIpc) is 3.09. The van der Waals surface area contributed by atoms with E-state index in [0.717, 1.165) is 27.2 Å². The number of rotatable bonds is 8. The van der Waals surface area contributed by atoms with Crippen LogP contribution >= 0.6 is 0 Å². The largest absolute Gasteiger partial charge is 0.480 e. The van der Waals surface area contributed by atoms with Crippen molar-refractivity contribution in [1.29, 1.82) is 0 Å². The average molecular weight is 469 g/mol. The number of hydrogen-bond donors (Lipinski definition) is 2. The molecule has 0 heterocycles. The van der Waals surface area contributed by atoms with Gasteiger partial charge in [0.25, 0.3) is 0 Å². The van der Waals surface area contributed by atoms with E-state index >= 15 is 0 Å². The maximum atomic E-state index is 12.7. The van der Waals surface area contributed by atoms with Gasteiger partial charge in [-0.15, -0.1) is 0 Å². The van der Waals surface area contributed by atoms with E-state index in [1.165, 1.54) is 7.05 Å². The number of carbonyl (C=O) groups excluding carboxylic acids is 2. The van der Waals surface area contributed by atoms with E-state index in [2.05, 4.69) is 5.32 Å². The SMILES string of the molecule is CN(C(=O)OCC1c2ccccc2-c2ccccc21)[C@H](CCCNC(=O)OC(C)(C)C)C(=O)O. The lowest BCUT2D eigenvalue weighted by Crippen LogP contribution is -2.43. The highest BCUT2D eigenvalue weighted by atomic mass is 16.6. The van der Waals surface area contributed by atoms with Gasteiger partial charge in [-0.1, -0.05) is 48.5 Å². The molecule has 2 aromatic rings. The van der Waals surface area contributed by atoms with E-state index in [1.54, 1.807) is 20.8 Å². The molecule has 0 fully saturated rings. The van der Waals surface area contributed by atoms with Crippen LogP contribution in [0.4, 0.5) is 9.59 Å². The highest BCUT2D eigenvalue weighted by molar-refractivity contribution is 5.81. The van der Waals surface area contributed by atoms with Gasteiger partial charge in [0.1, 0.15) is 18.2 Å². The van der Waals surface area contributed by atoms with Crippen LogP contribution in [0.15, 0.2) is 48.5 Å². The molecular formula is C26H32N2O6. The molecule has 0 radical (unpaired) electrons. The second-order valence-corrected chi connectivity index (χ2v) is 9.34. The number of benzene rings is 2. The maximum absolute atomic E-state index is 12.7. The first-order valence-electron chi connectivity index (χ1n) is 11.4. The monoisotopic (exact) mass is 468 g/mol. The Kier molecular flexibility index (Phi) is 7.81. The summed E-state index contributed by atoms with van der Waals surface area (Å²) in [5, 5.41) is 12.2. The van der Waals surface area contributed by atoms with Crippen LogP contribution in [0.5, 0.6) is 0 Å². The fourth-order valence-corrected chi connectivity index (χ4v) is 4.11. The van der Waals surface area contributed by atoms with E-state index in [-0.39, 0.29) is 25.5 Å². The van der Waals surface area contributed by atoms with E-state index in [1.807, 2.05) is 48.5 Å². The third-order valence-corrected chi connectivity index (χ3v) is 5.70. The Balaban J connectivity index is 1.55. The van der Waals surface area contributed by atoms with Crippen LogP contribution < -0.4 is 5.32 Å². The molecule has 1 aliphatic rings. The number of carbonyl (C=O) groups is 3. The van der Waals surface area contributed by atoms with E-state index in [9.17, 15) is 19.5 Å². The van der Waals surface area contributed by atoms with Crippen LogP contribution in [0.2, 0.25) is 0 Å². The Morgan fingerprint density at radius 3 is 2.12 bits per heavy atom. The van der Waals surface area contributed by atoms with Crippen molar-refractivity contribution in [2.24, 2.45) is 0 Å². The standard InChI is InChI=1S/C26H32N2O6/c1-26(2,3)34-24(31)27-15-9-14-22(23(29)30)28(4)25(32)33-16-21-19-12-7-5-10-17(19)18-11-6-8-13-20(18)21/h5-8,10-13,21-22H,9,14-16H2,1-4H3,(H,27,31)(H,29,30)/t22-/m1/s1. The third kappa shape index (κ3) is 6.07. The third-order valence-electron chi connectivity index (χ3n) is 5.70. The minimum absolute atomic E-state index is 0.106. The second-order valence-electron chi connectivity index (χ2n) is 9.34. The number of carboxylic acids is 1. The molecule has 0 aliphatic heterocycles. The zero-order valence-corrected chi connectivity index (χ0v) is 20.0. The Morgan fingerprint density at radius 1 is 1.03 bits per heavy atom. The Labute approximate surface area is 199 Å². The second kappa shape index (κ2) is 10.6. The molecule has 0 saturated heterocycles. The van der Waals surface area contributed by atoms with Crippen LogP contribution in [0.1, 0.15) is 50.7 Å². The summed E-state index contributed by atoms with van der Waals surface area (Å²) < 4.78 is 10.7. The number of carboxylic acid groups (broad SMARTS) is 1. The summed E-state index contributed by atoms with van der Waals surface area (Å²) >= 11 is 0. The normalized spacial score (nSPS) is 13.4. The Hall–Kier alpha value is -3.55. The minimum Gasteiger partial charge on any atom is -0.480 e. The number of likely N-dealkylation sites (N-methyl/N-ethyl adjacent to an activating group) is 1. The Bertz CT molecular complexity index is 1000. The lowest BCUT2D eigenvalue weighted by Gasteiger charge is -2.25. The number of aliphatic carboxylic acids is 1. The summed E-state index contributed by atoms with van der Waals surface area (Å²) in [7, 11) is 1.42. The molecule has 1 atom stereocenters. The first kappa shape index (κ1) is 25.1. The molecule has 2 aromatic carbocycles. The summed E-state index contributed by atoms with van der Waals surface area (Å²) in [6.07, 6.45) is -0.748. The van der Waals surface area contributed by atoms with Gasteiger partial charge in [-0.25, -0.2) is 14.4 Å². The van der Waals surface area contributed by atoms with Crippen LogP contribution in [-0.4, -0.2) is 60.0 Å². The summed E-state index contributed by atoms with van der Waals surface area (Å²) in [5.41, 5.74) is 3.80. The van der Waals surface area contributed by atoms with Gasteiger partial charge in [-0.05, 0) is 55.9 Å². The zero-order valence-electron chi connectivity index (χ0n) is 20.0. The smallest absolute Gasteiger partial charge is 0.410 e. The van der Waals surface area contributed by atoms with Crippen molar-refractivity contribution < 1.29 is 29.0 Å². The molecule has 2 N–H and O–H groups in total. The van der Waals surface area contributed by atoms with Crippen molar-refractivity contribution in [3.8, 4) is 11.1 Å². The van der Waals surface area contributed by atoms with E-state index in [0.29, 0.717) is 6.42 Å². The first-order valence-corrected chi connectivity index (χ1v) is 11.4. The van der Waals surface area contributed by atoms with Gasteiger partial charge in [0, 0.05) is 19.5 Å². The summed E-state index contributed by atoms with van der Waals surface area (Å²) in [6.45, 7) is 5.63. The summed E-state index contributed by atoms with van der Waals surface area (Å²) in [4.78, 5) is 37.3. The lowest BCUT2D eigenvalue weighted by molar-refractivity contribution is -0.142. The van der Waals surface area contributed by atoms with Crippen LogP contribution in [0, 0.1) is 0 Å². The van der Waals surface area contributed by atoms with Crippen molar-refractivity contribution in [3.63, 3.8) is 0 Å². The van der Waals surface area contributed by atoms with Crippen molar-refractivity contribution in [1.82, 2.24) is 10.2 Å². The molecule has 182 valence electrons. The van der Waals surface area contributed by atoms with Gasteiger partial charge in [-0.2, -0.15) is 0 Å². The zero-order chi connectivity index (χ0) is 24.9. The number of fused-ring (bicyclic) bond motifs is 3. The van der Waals surface area contributed by atoms with Crippen molar-refractivity contribution >= 4 is 18.2 Å². The van der Waals surface area contributed by atoms with Crippen LogP contribution in [0.3, 0.4) is 0 Å². The molecule has 1 aliphatic carbocycles.